The maximum Gasteiger partial charge on any atom is 0.0401 e. The smallest absolute Gasteiger partial charge is 0.0401 e. The number of nitrogens with two attached hydrogens (primary N) is 1. The zero-order chi connectivity index (χ0) is 11.1. The number of hydrogen-bond acceptors (Lipinski definition) is 2. The van der Waals surface area contributed by atoms with E-state index in [1.54, 1.807) is 11.3 Å². The molecule has 0 radical (unpaired) electrons. The van der Waals surface area contributed by atoms with Gasteiger partial charge in [-0.2, -0.15) is 0 Å². The fourth-order valence-electron chi connectivity index (χ4n) is 1.67. The highest BCUT2D eigenvalue weighted by Gasteiger charge is 2.10. The van der Waals surface area contributed by atoms with Gasteiger partial charge in [0.1, 0.15) is 0 Å². The lowest BCUT2D eigenvalue weighted by Crippen LogP contribution is -2.08. The van der Waals surface area contributed by atoms with Crippen molar-refractivity contribution in [1.29, 1.82) is 0 Å². The number of halogens is 1. The van der Waals surface area contributed by atoms with Crippen LogP contribution in [-0.4, -0.2) is 0 Å². The second kappa shape index (κ2) is 7.42. The summed E-state index contributed by atoms with van der Waals surface area (Å²) in [6.07, 6.45) is 7.72. The van der Waals surface area contributed by atoms with Crippen LogP contribution in [0.5, 0.6) is 0 Å². The Hall–Kier alpha value is 0.140. The Kier molecular flexibility index (Phi) is 6.53. The van der Waals surface area contributed by atoms with E-state index in [0.717, 1.165) is 6.42 Å². The fraction of sp³-hybridized carbons (Fsp3) is 0.667. The summed E-state index contributed by atoms with van der Waals surface area (Å²) in [5.41, 5.74) is 6.14. The highest BCUT2D eigenvalue weighted by Crippen LogP contribution is 2.30. The first kappa shape index (κ1) is 13.2. The van der Waals surface area contributed by atoms with Crippen LogP contribution in [0.2, 0.25) is 0 Å². The maximum absolute atomic E-state index is 6.14. The predicted molar refractivity (Wildman–Crippen MR) is 72.3 cm³/mol. The largest absolute Gasteiger partial charge is 0.323 e. The molecule has 1 aromatic rings. The van der Waals surface area contributed by atoms with Gasteiger partial charge in [-0.15, -0.1) is 11.3 Å². The molecule has 0 saturated carbocycles. The summed E-state index contributed by atoms with van der Waals surface area (Å²) in [4.78, 5) is 1.30. The van der Waals surface area contributed by atoms with Crippen molar-refractivity contribution < 1.29 is 0 Å². The fourth-order valence-corrected chi connectivity index (χ4v) is 3.37. The molecule has 0 aromatic carbocycles. The first-order valence-electron chi connectivity index (χ1n) is 5.74. The van der Waals surface area contributed by atoms with Crippen LogP contribution in [0.3, 0.4) is 0 Å². The van der Waals surface area contributed by atoms with Gasteiger partial charge in [0, 0.05) is 15.4 Å². The first-order valence-corrected chi connectivity index (χ1v) is 7.41. The van der Waals surface area contributed by atoms with Crippen molar-refractivity contribution in [3.05, 3.63) is 20.8 Å². The van der Waals surface area contributed by atoms with Gasteiger partial charge in [0.2, 0.25) is 0 Å². The number of thiophene rings is 1. The molecule has 1 atom stereocenters. The zero-order valence-corrected chi connectivity index (χ0v) is 11.7. The van der Waals surface area contributed by atoms with E-state index in [9.17, 15) is 0 Å². The van der Waals surface area contributed by atoms with Crippen LogP contribution in [0.25, 0.3) is 0 Å². The van der Waals surface area contributed by atoms with E-state index in [-0.39, 0.29) is 6.04 Å². The Morgan fingerprint density at radius 3 is 2.67 bits per heavy atom. The van der Waals surface area contributed by atoms with Gasteiger partial charge in [-0.25, -0.2) is 0 Å². The molecule has 2 N–H and O–H groups in total. The Morgan fingerprint density at radius 2 is 2.07 bits per heavy atom. The van der Waals surface area contributed by atoms with Crippen molar-refractivity contribution in [2.75, 3.05) is 0 Å². The van der Waals surface area contributed by atoms with Gasteiger partial charge >= 0.3 is 0 Å². The summed E-state index contributed by atoms with van der Waals surface area (Å²) in [7, 11) is 0. The zero-order valence-electron chi connectivity index (χ0n) is 9.34. The molecule has 1 heterocycles. The minimum Gasteiger partial charge on any atom is -0.323 e. The molecule has 0 bridgehead atoms. The Labute approximate surface area is 105 Å². The van der Waals surface area contributed by atoms with Crippen LogP contribution < -0.4 is 5.73 Å². The highest BCUT2D eigenvalue weighted by atomic mass is 79.9. The third kappa shape index (κ3) is 4.66. The van der Waals surface area contributed by atoms with Crippen molar-refractivity contribution in [1.82, 2.24) is 0 Å². The molecular formula is C12H20BrNS. The molecule has 15 heavy (non-hydrogen) atoms. The van der Waals surface area contributed by atoms with Gasteiger partial charge in [0.25, 0.3) is 0 Å². The molecule has 1 aromatic heterocycles. The SMILES string of the molecule is CCCCCCCC(N)c1sccc1Br. The highest BCUT2D eigenvalue weighted by molar-refractivity contribution is 9.10. The second-order valence-corrected chi connectivity index (χ2v) is 5.74. The lowest BCUT2D eigenvalue weighted by Gasteiger charge is -2.10. The predicted octanol–water partition coefficient (Wildman–Crippen LogP) is 4.87. The van der Waals surface area contributed by atoms with E-state index in [1.165, 1.54) is 41.5 Å². The summed E-state index contributed by atoms with van der Waals surface area (Å²) in [5.74, 6) is 0. The van der Waals surface area contributed by atoms with Crippen LogP contribution in [0, 0.1) is 0 Å². The molecule has 86 valence electrons. The van der Waals surface area contributed by atoms with E-state index in [0.29, 0.717) is 0 Å². The molecule has 1 rings (SSSR count). The molecule has 0 aliphatic rings. The Balaban J connectivity index is 2.19. The summed E-state index contributed by atoms with van der Waals surface area (Å²) in [5, 5.41) is 2.09. The van der Waals surface area contributed by atoms with Crippen molar-refractivity contribution >= 4 is 27.3 Å². The monoisotopic (exact) mass is 289 g/mol. The molecule has 1 unspecified atom stereocenters. The number of hydrogen-bond donors (Lipinski definition) is 1. The van der Waals surface area contributed by atoms with E-state index < -0.39 is 0 Å². The topological polar surface area (TPSA) is 26.0 Å². The van der Waals surface area contributed by atoms with Crippen LogP contribution in [0.15, 0.2) is 15.9 Å². The summed E-state index contributed by atoms with van der Waals surface area (Å²) < 4.78 is 1.17. The van der Waals surface area contributed by atoms with Crippen molar-refractivity contribution in [3.8, 4) is 0 Å². The number of unbranched alkanes of at least 4 members (excludes halogenated alkanes) is 4. The molecule has 0 spiro atoms. The van der Waals surface area contributed by atoms with Gasteiger partial charge in [0.05, 0.1) is 0 Å². The lowest BCUT2D eigenvalue weighted by molar-refractivity contribution is 0.559. The average molecular weight is 290 g/mol. The second-order valence-electron chi connectivity index (χ2n) is 3.94. The van der Waals surface area contributed by atoms with E-state index in [1.807, 2.05) is 0 Å². The van der Waals surface area contributed by atoms with Crippen LogP contribution >= 0.6 is 27.3 Å². The molecule has 0 saturated heterocycles. The van der Waals surface area contributed by atoms with E-state index >= 15 is 0 Å². The van der Waals surface area contributed by atoms with Gasteiger partial charge in [-0.3, -0.25) is 0 Å². The van der Waals surface area contributed by atoms with Crippen molar-refractivity contribution in [3.63, 3.8) is 0 Å². The summed E-state index contributed by atoms with van der Waals surface area (Å²) in [6, 6.07) is 2.30. The van der Waals surface area contributed by atoms with Crippen LogP contribution in [0.4, 0.5) is 0 Å². The van der Waals surface area contributed by atoms with Crippen LogP contribution in [0.1, 0.15) is 56.4 Å². The molecule has 0 amide bonds. The average Bonchev–Trinajstić information content (AvgIpc) is 2.64. The third-order valence-electron chi connectivity index (χ3n) is 2.60. The van der Waals surface area contributed by atoms with Gasteiger partial charge in [-0.1, -0.05) is 39.0 Å². The molecule has 0 fully saturated rings. The minimum absolute atomic E-state index is 0.223. The molecule has 3 heteroatoms. The van der Waals surface area contributed by atoms with Crippen molar-refractivity contribution in [2.45, 2.75) is 51.5 Å². The first-order chi connectivity index (χ1) is 7.25. The van der Waals surface area contributed by atoms with Crippen molar-refractivity contribution in [2.24, 2.45) is 5.73 Å². The summed E-state index contributed by atoms with van der Waals surface area (Å²) >= 11 is 5.29. The van der Waals surface area contributed by atoms with E-state index in [2.05, 4.69) is 34.3 Å². The summed E-state index contributed by atoms with van der Waals surface area (Å²) in [6.45, 7) is 2.24. The molecular weight excluding hydrogens is 270 g/mol. The quantitative estimate of drug-likeness (QED) is 0.712. The van der Waals surface area contributed by atoms with Crippen LogP contribution in [-0.2, 0) is 0 Å². The normalized spacial score (nSPS) is 13.0. The van der Waals surface area contributed by atoms with Gasteiger partial charge < -0.3 is 5.73 Å². The Bertz CT molecular complexity index is 272. The molecule has 0 aliphatic heterocycles. The third-order valence-corrected chi connectivity index (χ3v) is 4.60. The van der Waals surface area contributed by atoms with Gasteiger partial charge in [-0.05, 0) is 33.8 Å². The van der Waals surface area contributed by atoms with E-state index in [4.69, 9.17) is 5.73 Å². The minimum atomic E-state index is 0.223. The standard InChI is InChI=1S/C12H20BrNS/c1-2-3-4-5-6-7-11(14)12-10(13)8-9-15-12/h8-9,11H,2-7,14H2,1H3. The molecule has 1 nitrogen and oxygen atoms in total. The van der Waals surface area contributed by atoms with Gasteiger partial charge in [0.15, 0.2) is 0 Å². The maximum atomic E-state index is 6.14. The lowest BCUT2D eigenvalue weighted by atomic mass is 10.1. The number of rotatable bonds is 7. The Morgan fingerprint density at radius 1 is 1.33 bits per heavy atom. The molecule has 0 aliphatic carbocycles.